The lowest BCUT2D eigenvalue weighted by Gasteiger charge is -2.03. The summed E-state index contributed by atoms with van der Waals surface area (Å²) >= 11 is 1.27. The Balaban J connectivity index is 2.30. The lowest BCUT2D eigenvalue weighted by molar-refractivity contribution is -0.109. The Kier molecular flexibility index (Phi) is 4.97. The minimum atomic E-state index is 0.102. The fraction of sp³-hybridized carbons (Fsp3) is 0.176. The van der Waals surface area contributed by atoms with E-state index in [2.05, 4.69) is 11.8 Å². The van der Waals surface area contributed by atoms with Crippen molar-refractivity contribution in [2.24, 2.45) is 0 Å². The Morgan fingerprint density at radius 1 is 1.25 bits per heavy atom. The molecule has 0 N–H and O–H groups in total. The maximum absolute atomic E-state index is 11.1. The van der Waals surface area contributed by atoms with Crippen molar-refractivity contribution in [1.29, 1.82) is 0 Å². The summed E-state index contributed by atoms with van der Waals surface area (Å²) in [7, 11) is 0. The summed E-state index contributed by atoms with van der Waals surface area (Å²) in [6.07, 6.45) is 1.46. The number of carbonyl (C=O) groups excluding carboxylic acids is 2. The van der Waals surface area contributed by atoms with Gasteiger partial charge in [0.15, 0.2) is 11.4 Å². The topological polar surface area (TPSA) is 34.1 Å². The third-order valence-corrected chi connectivity index (χ3v) is 3.65. The van der Waals surface area contributed by atoms with Gasteiger partial charge in [0.1, 0.15) is 0 Å². The molecule has 0 bridgehead atoms. The molecular weight excluding hydrogens is 268 g/mol. The monoisotopic (exact) mass is 282 g/mol. The van der Waals surface area contributed by atoms with Crippen molar-refractivity contribution in [1.82, 2.24) is 0 Å². The molecule has 2 nitrogen and oxygen atoms in total. The summed E-state index contributed by atoms with van der Waals surface area (Å²) in [4.78, 5) is 22.0. The molecule has 100 valence electrons. The maximum atomic E-state index is 11.1. The number of hydrogen-bond acceptors (Lipinski definition) is 3. The van der Waals surface area contributed by atoms with Crippen LogP contribution in [0.5, 0.6) is 0 Å². The van der Waals surface area contributed by atoms with Gasteiger partial charge in [-0.2, -0.15) is 0 Å². The number of carbonyl (C=O) groups is 2. The van der Waals surface area contributed by atoms with Crippen molar-refractivity contribution in [2.45, 2.75) is 13.3 Å². The highest BCUT2D eigenvalue weighted by Gasteiger charge is 2.04. The van der Waals surface area contributed by atoms with Crippen molar-refractivity contribution in [3.8, 4) is 11.8 Å². The second-order valence-electron chi connectivity index (χ2n) is 4.26. The average Bonchev–Trinajstić information content (AvgIpc) is 2.46. The summed E-state index contributed by atoms with van der Waals surface area (Å²) in [5.74, 6) is 6.80. The third kappa shape index (κ3) is 3.49. The van der Waals surface area contributed by atoms with Crippen LogP contribution in [0.15, 0.2) is 36.4 Å². The van der Waals surface area contributed by atoms with Crippen molar-refractivity contribution in [2.75, 3.05) is 5.75 Å². The molecule has 0 saturated heterocycles. The Morgan fingerprint density at radius 3 is 2.80 bits per heavy atom. The number of thioether (sulfide) groups is 1. The second-order valence-corrected chi connectivity index (χ2v) is 5.53. The molecule has 0 unspecified atom stereocenters. The van der Waals surface area contributed by atoms with Gasteiger partial charge in [-0.3, -0.25) is 9.59 Å². The standard InChI is InChI=1S/C17H14O2S/c1-13(19)20-11-5-4-8-17-15(12-18)10-9-14-6-2-3-7-16(14)17/h2-3,6-7,9-10,12H,5,11H2,1H3. The van der Waals surface area contributed by atoms with Crippen molar-refractivity contribution in [3.63, 3.8) is 0 Å². The summed E-state index contributed by atoms with van der Waals surface area (Å²) in [6.45, 7) is 1.55. The maximum Gasteiger partial charge on any atom is 0.185 e. The van der Waals surface area contributed by atoms with Crippen LogP contribution in [0.25, 0.3) is 10.8 Å². The van der Waals surface area contributed by atoms with Crippen LogP contribution in [0.4, 0.5) is 0 Å². The van der Waals surface area contributed by atoms with Gasteiger partial charge in [-0.05, 0) is 16.8 Å². The van der Waals surface area contributed by atoms with E-state index in [1.54, 1.807) is 13.0 Å². The van der Waals surface area contributed by atoms with Gasteiger partial charge in [0.05, 0.1) is 0 Å². The highest BCUT2D eigenvalue weighted by atomic mass is 32.2. The normalized spacial score (nSPS) is 9.85. The van der Waals surface area contributed by atoms with Crippen molar-refractivity contribution >= 4 is 33.9 Å². The molecule has 0 aromatic heterocycles. The van der Waals surface area contributed by atoms with E-state index in [9.17, 15) is 9.59 Å². The zero-order valence-corrected chi connectivity index (χ0v) is 12.0. The molecule has 2 aromatic rings. The number of fused-ring (bicyclic) bond motifs is 1. The minimum Gasteiger partial charge on any atom is -0.298 e. The summed E-state index contributed by atoms with van der Waals surface area (Å²) in [6, 6.07) is 11.6. The smallest absolute Gasteiger partial charge is 0.185 e. The van der Waals surface area contributed by atoms with Crippen LogP contribution in [0.2, 0.25) is 0 Å². The predicted octanol–water partition coefficient (Wildman–Crippen LogP) is 3.67. The molecule has 3 heteroatoms. The van der Waals surface area contributed by atoms with E-state index < -0.39 is 0 Å². The third-order valence-electron chi connectivity index (χ3n) is 2.83. The first kappa shape index (κ1) is 14.4. The van der Waals surface area contributed by atoms with Crippen molar-refractivity contribution < 1.29 is 9.59 Å². The minimum absolute atomic E-state index is 0.102. The molecule has 0 amide bonds. The number of rotatable bonds is 3. The van der Waals surface area contributed by atoms with E-state index in [1.165, 1.54) is 11.8 Å². The molecule has 0 fully saturated rings. The van der Waals surface area contributed by atoms with E-state index in [0.717, 1.165) is 22.6 Å². The fourth-order valence-corrected chi connectivity index (χ4v) is 2.41. The Hall–Kier alpha value is -2.05. The summed E-state index contributed by atoms with van der Waals surface area (Å²) in [5, 5.41) is 2.16. The fourth-order valence-electron chi connectivity index (χ4n) is 1.92. The van der Waals surface area contributed by atoms with E-state index in [4.69, 9.17) is 0 Å². The number of hydrogen-bond donors (Lipinski definition) is 0. The summed E-state index contributed by atoms with van der Waals surface area (Å²) < 4.78 is 0. The van der Waals surface area contributed by atoms with Crippen molar-refractivity contribution in [3.05, 3.63) is 47.5 Å². The van der Waals surface area contributed by atoms with E-state index >= 15 is 0 Å². The van der Waals surface area contributed by atoms with Gasteiger partial charge in [-0.25, -0.2) is 0 Å². The van der Waals surface area contributed by atoms with Crippen LogP contribution in [-0.2, 0) is 4.79 Å². The lowest BCUT2D eigenvalue weighted by Crippen LogP contribution is -1.90. The average molecular weight is 282 g/mol. The van der Waals surface area contributed by atoms with Crippen LogP contribution in [0.1, 0.15) is 29.3 Å². The quantitative estimate of drug-likeness (QED) is 0.489. The Bertz CT molecular complexity index is 708. The van der Waals surface area contributed by atoms with Crippen LogP contribution < -0.4 is 0 Å². The molecule has 0 spiro atoms. The zero-order chi connectivity index (χ0) is 14.4. The molecule has 0 aliphatic heterocycles. The molecule has 0 aliphatic rings. The van der Waals surface area contributed by atoms with E-state index in [-0.39, 0.29) is 5.12 Å². The Labute approximate surface area is 122 Å². The SMILES string of the molecule is CC(=O)SCCC#Cc1c(C=O)ccc2ccccc12. The molecular formula is C17H14O2S. The predicted molar refractivity (Wildman–Crippen MR) is 84.0 cm³/mol. The molecule has 0 heterocycles. The first-order valence-corrected chi connectivity index (χ1v) is 7.30. The molecule has 0 radical (unpaired) electrons. The number of benzene rings is 2. The van der Waals surface area contributed by atoms with Gasteiger partial charge in [-0.1, -0.05) is 53.9 Å². The van der Waals surface area contributed by atoms with Crippen LogP contribution in [-0.4, -0.2) is 17.2 Å². The van der Waals surface area contributed by atoms with Gasteiger partial charge in [-0.15, -0.1) is 0 Å². The van der Waals surface area contributed by atoms with Crippen LogP contribution in [0, 0.1) is 11.8 Å². The molecule has 2 aromatic carbocycles. The molecule has 20 heavy (non-hydrogen) atoms. The van der Waals surface area contributed by atoms with Gasteiger partial charge in [0.2, 0.25) is 0 Å². The zero-order valence-electron chi connectivity index (χ0n) is 11.2. The summed E-state index contributed by atoms with van der Waals surface area (Å²) in [5.41, 5.74) is 1.38. The number of aldehydes is 1. The van der Waals surface area contributed by atoms with Crippen LogP contribution in [0.3, 0.4) is 0 Å². The molecule has 2 rings (SSSR count). The first-order chi connectivity index (χ1) is 9.72. The second kappa shape index (κ2) is 6.93. The van der Waals surface area contributed by atoms with E-state index in [0.29, 0.717) is 17.7 Å². The van der Waals surface area contributed by atoms with Gasteiger partial charge in [0, 0.05) is 30.2 Å². The van der Waals surface area contributed by atoms with Gasteiger partial charge in [0.25, 0.3) is 0 Å². The highest BCUT2D eigenvalue weighted by Crippen LogP contribution is 2.20. The first-order valence-electron chi connectivity index (χ1n) is 6.31. The van der Waals surface area contributed by atoms with E-state index in [1.807, 2.05) is 30.3 Å². The highest BCUT2D eigenvalue weighted by molar-refractivity contribution is 8.13. The molecule has 0 atom stereocenters. The molecule has 0 saturated carbocycles. The van der Waals surface area contributed by atoms with Gasteiger partial charge >= 0.3 is 0 Å². The molecule has 0 aliphatic carbocycles. The van der Waals surface area contributed by atoms with Gasteiger partial charge < -0.3 is 0 Å². The Morgan fingerprint density at radius 2 is 2.05 bits per heavy atom. The van der Waals surface area contributed by atoms with Crippen LogP contribution >= 0.6 is 11.8 Å². The largest absolute Gasteiger partial charge is 0.298 e. The lowest BCUT2D eigenvalue weighted by atomic mass is 10.00.